The number of hydrogen-bond acceptors (Lipinski definition) is 3. The third-order valence-corrected chi connectivity index (χ3v) is 10.7. The second-order valence-electron chi connectivity index (χ2n) is 15.8. The second-order valence-corrected chi connectivity index (χ2v) is 15.8. The number of carbonyl (C=O) groups excluding carboxylic acids is 1. The van der Waals surface area contributed by atoms with Gasteiger partial charge in [-0.1, -0.05) is 224 Å². The first kappa shape index (κ1) is 49.9. The first-order valence-corrected chi connectivity index (χ1v) is 23.0. The summed E-state index contributed by atoms with van der Waals surface area (Å²) in [5.74, 6) is -0.0302. The molecule has 0 heterocycles. The predicted octanol–water partition coefficient (Wildman–Crippen LogP) is 14.4. The topological polar surface area (TPSA) is 69.6 Å². The predicted molar refractivity (Wildman–Crippen MR) is 225 cm³/mol. The van der Waals surface area contributed by atoms with E-state index in [9.17, 15) is 15.0 Å². The number of rotatable bonds is 42. The Morgan fingerprint density at radius 3 is 1.18 bits per heavy atom. The van der Waals surface area contributed by atoms with Gasteiger partial charge in [-0.25, -0.2) is 0 Å². The molecular weight excluding hydrogens is 627 g/mol. The SMILES string of the molecule is CCCCCCC/C=C\C/C=C\CCCCCCCCCCCCCCCCCC(=O)NC(CO)C(O)CCCCCCCCCCCCCC. The number of hydrogen-bond donors (Lipinski definition) is 3. The van der Waals surface area contributed by atoms with E-state index in [1.54, 1.807) is 0 Å². The zero-order chi connectivity index (χ0) is 37.1. The first-order chi connectivity index (χ1) is 25.2. The molecule has 1 amide bonds. The highest BCUT2D eigenvalue weighted by molar-refractivity contribution is 5.76. The van der Waals surface area contributed by atoms with Gasteiger partial charge in [0.1, 0.15) is 0 Å². The Kier molecular flexibility index (Phi) is 42.3. The Labute approximate surface area is 319 Å². The van der Waals surface area contributed by atoms with Crippen molar-refractivity contribution >= 4 is 5.91 Å². The second kappa shape index (κ2) is 43.3. The van der Waals surface area contributed by atoms with Crippen LogP contribution in [0.15, 0.2) is 24.3 Å². The molecule has 0 aromatic carbocycles. The summed E-state index contributed by atoms with van der Waals surface area (Å²) in [4.78, 5) is 12.4. The monoisotopic (exact) mass is 718 g/mol. The lowest BCUT2D eigenvalue weighted by Gasteiger charge is -2.22. The Hall–Kier alpha value is -1.13. The van der Waals surface area contributed by atoms with E-state index in [1.165, 1.54) is 193 Å². The third kappa shape index (κ3) is 39.9. The molecule has 3 N–H and O–H groups in total. The Morgan fingerprint density at radius 2 is 0.804 bits per heavy atom. The normalized spacial score (nSPS) is 13.1. The van der Waals surface area contributed by atoms with Crippen LogP contribution in [-0.4, -0.2) is 34.9 Å². The van der Waals surface area contributed by atoms with E-state index < -0.39 is 12.1 Å². The summed E-state index contributed by atoms with van der Waals surface area (Å²) in [5, 5.41) is 23.1. The zero-order valence-electron chi connectivity index (χ0n) is 34.6. The van der Waals surface area contributed by atoms with Crippen molar-refractivity contribution in [3.8, 4) is 0 Å². The summed E-state index contributed by atoms with van der Waals surface area (Å²) in [7, 11) is 0. The van der Waals surface area contributed by atoms with Crippen LogP contribution in [0.5, 0.6) is 0 Å². The molecule has 2 unspecified atom stereocenters. The number of carbonyl (C=O) groups is 1. The van der Waals surface area contributed by atoms with Crippen LogP contribution in [0, 0.1) is 0 Å². The summed E-state index contributed by atoms with van der Waals surface area (Å²) >= 11 is 0. The first-order valence-electron chi connectivity index (χ1n) is 23.0. The largest absolute Gasteiger partial charge is 0.394 e. The van der Waals surface area contributed by atoms with Crippen LogP contribution in [0.3, 0.4) is 0 Å². The molecule has 0 fully saturated rings. The van der Waals surface area contributed by atoms with Crippen molar-refractivity contribution in [2.75, 3.05) is 6.61 Å². The lowest BCUT2D eigenvalue weighted by atomic mass is 10.0. The zero-order valence-corrected chi connectivity index (χ0v) is 34.6. The fraction of sp³-hybridized carbons (Fsp3) is 0.894. The van der Waals surface area contributed by atoms with Gasteiger partial charge in [0.2, 0.25) is 5.91 Å². The molecule has 0 aromatic heterocycles. The van der Waals surface area contributed by atoms with Crippen LogP contribution in [-0.2, 0) is 4.79 Å². The molecule has 4 nitrogen and oxygen atoms in total. The maximum Gasteiger partial charge on any atom is 0.220 e. The lowest BCUT2D eigenvalue weighted by molar-refractivity contribution is -0.123. The van der Waals surface area contributed by atoms with Crippen molar-refractivity contribution in [3.05, 3.63) is 24.3 Å². The van der Waals surface area contributed by atoms with Crippen molar-refractivity contribution in [2.45, 2.75) is 264 Å². The molecule has 0 aromatic rings. The van der Waals surface area contributed by atoms with E-state index in [-0.39, 0.29) is 12.5 Å². The molecule has 0 aliphatic rings. The maximum absolute atomic E-state index is 12.4. The van der Waals surface area contributed by atoms with Crippen molar-refractivity contribution in [1.82, 2.24) is 5.32 Å². The molecule has 0 aliphatic carbocycles. The summed E-state index contributed by atoms with van der Waals surface area (Å²) in [5.41, 5.74) is 0. The Bertz CT molecular complexity index is 735. The van der Waals surface area contributed by atoms with E-state index in [0.717, 1.165) is 32.1 Å². The Morgan fingerprint density at radius 1 is 0.471 bits per heavy atom. The fourth-order valence-electron chi connectivity index (χ4n) is 7.16. The molecule has 302 valence electrons. The van der Waals surface area contributed by atoms with Gasteiger partial charge in [-0.15, -0.1) is 0 Å². The molecule has 0 aliphatic heterocycles. The van der Waals surface area contributed by atoms with Crippen molar-refractivity contribution in [1.29, 1.82) is 0 Å². The molecular formula is C47H91NO3. The molecule has 4 heteroatoms. The average molecular weight is 718 g/mol. The molecule has 0 radical (unpaired) electrons. The molecule has 0 spiro atoms. The quantitative estimate of drug-likeness (QED) is 0.0435. The van der Waals surface area contributed by atoms with Gasteiger partial charge in [0.05, 0.1) is 18.8 Å². The number of aliphatic hydroxyl groups is 2. The van der Waals surface area contributed by atoms with Gasteiger partial charge in [-0.05, 0) is 44.9 Å². The van der Waals surface area contributed by atoms with Crippen LogP contribution >= 0.6 is 0 Å². The number of amides is 1. The Balaban J connectivity index is 3.45. The maximum atomic E-state index is 12.4. The van der Waals surface area contributed by atoms with Crippen molar-refractivity contribution in [2.24, 2.45) is 0 Å². The molecule has 0 saturated heterocycles. The van der Waals surface area contributed by atoms with Gasteiger partial charge in [0, 0.05) is 6.42 Å². The van der Waals surface area contributed by atoms with Gasteiger partial charge >= 0.3 is 0 Å². The number of unbranched alkanes of at least 4 members (excludes halogenated alkanes) is 31. The minimum Gasteiger partial charge on any atom is -0.394 e. The molecule has 2 atom stereocenters. The lowest BCUT2D eigenvalue weighted by Crippen LogP contribution is -2.45. The van der Waals surface area contributed by atoms with Crippen molar-refractivity contribution < 1.29 is 15.0 Å². The summed E-state index contributed by atoms with van der Waals surface area (Å²) < 4.78 is 0. The van der Waals surface area contributed by atoms with Gasteiger partial charge in [-0.3, -0.25) is 4.79 Å². The summed E-state index contributed by atoms with van der Waals surface area (Å²) in [6, 6.07) is -0.532. The smallest absolute Gasteiger partial charge is 0.220 e. The standard InChI is InChI=1S/C47H91NO3/c1-3-5-7-9-11-13-15-17-18-19-20-21-22-23-24-25-26-27-28-29-30-31-33-35-37-39-41-43-47(51)48-45(44-49)46(50)42-40-38-36-34-32-16-14-12-10-8-6-4-2/h15,17,19-20,45-46,49-50H,3-14,16,18,21-44H2,1-2H3,(H,48,51)/b17-15-,20-19-. The average Bonchev–Trinajstić information content (AvgIpc) is 3.13. The molecule has 0 saturated carbocycles. The van der Waals surface area contributed by atoms with Gasteiger partial charge < -0.3 is 15.5 Å². The van der Waals surface area contributed by atoms with Crippen LogP contribution in [0.25, 0.3) is 0 Å². The van der Waals surface area contributed by atoms with Crippen molar-refractivity contribution in [3.63, 3.8) is 0 Å². The molecule has 0 bridgehead atoms. The highest BCUT2D eigenvalue weighted by atomic mass is 16.3. The number of aliphatic hydroxyl groups excluding tert-OH is 2. The third-order valence-electron chi connectivity index (χ3n) is 10.7. The highest BCUT2D eigenvalue weighted by Crippen LogP contribution is 2.16. The minimum atomic E-state index is -0.655. The molecule has 51 heavy (non-hydrogen) atoms. The van der Waals surface area contributed by atoms with Gasteiger partial charge in [0.15, 0.2) is 0 Å². The highest BCUT2D eigenvalue weighted by Gasteiger charge is 2.20. The number of allylic oxidation sites excluding steroid dienone is 4. The van der Waals surface area contributed by atoms with E-state index in [0.29, 0.717) is 12.8 Å². The van der Waals surface area contributed by atoms with Crippen LogP contribution in [0.4, 0.5) is 0 Å². The van der Waals surface area contributed by atoms with Crippen LogP contribution in [0.1, 0.15) is 251 Å². The van der Waals surface area contributed by atoms with Gasteiger partial charge in [0.25, 0.3) is 0 Å². The van der Waals surface area contributed by atoms with Gasteiger partial charge in [-0.2, -0.15) is 0 Å². The van der Waals surface area contributed by atoms with E-state index >= 15 is 0 Å². The van der Waals surface area contributed by atoms with E-state index in [4.69, 9.17) is 0 Å². The minimum absolute atomic E-state index is 0.0302. The number of nitrogens with one attached hydrogen (secondary N) is 1. The van der Waals surface area contributed by atoms with E-state index in [1.807, 2.05) is 0 Å². The fourth-order valence-corrected chi connectivity index (χ4v) is 7.16. The van der Waals surface area contributed by atoms with E-state index in [2.05, 4.69) is 43.5 Å². The summed E-state index contributed by atoms with van der Waals surface area (Å²) in [6.45, 7) is 4.35. The van der Waals surface area contributed by atoms with Crippen LogP contribution < -0.4 is 5.32 Å². The van der Waals surface area contributed by atoms with Crippen LogP contribution in [0.2, 0.25) is 0 Å². The molecule has 0 rings (SSSR count). The summed E-state index contributed by atoms with van der Waals surface area (Å²) in [6.07, 6.45) is 55.5.